The van der Waals surface area contributed by atoms with E-state index in [2.05, 4.69) is 15.9 Å². The molecule has 1 aromatic carbocycles. The minimum absolute atomic E-state index is 0.0485. The highest BCUT2D eigenvalue weighted by atomic mass is 79.9. The van der Waals surface area contributed by atoms with Crippen molar-refractivity contribution in [3.63, 3.8) is 0 Å². The molecule has 0 fully saturated rings. The lowest BCUT2D eigenvalue weighted by atomic mass is 10.1. The topological polar surface area (TPSA) is 40.5 Å². The summed E-state index contributed by atoms with van der Waals surface area (Å²) < 4.78 is 1.04. The molecule has 0 aliphatic heterocycles. The Hall–Kier alpha value is -1.33. The number of aromatic hydroxyl groups is 1. The van der Waals surface area contributed by atoms with Crippen LogP contribution in [0.25, 0.3) is 0 Å². The van der Waals surface area contributed by atoms with E-state index < -0.39 is 0 Å². The molecule has 0 spiro atoms. The van der Waals surface area contributed by atoms with Gasteiger partial charge in [0, 0.05) is 27.3 Å². The summed E-state index contributed by atoms with van der Waals surface area (Å²) in [7, 11) is 1.78. The first kappa shape index (κ1) is 14.1. The predicted octanol–water partition coefficient (Wildman–Crippen LogP) is 3.80. The van der Waals surface area contributed by atoms with E-state index in [-0.39, 0.29) is 11.7 Å². The number of benzene rings is 1. The summed E-state index contributed by atoms with van der Waals surface area (Å²) in [5.74, 6) is 0.161. The standard InChI is InChI=1S/C14H14BrNO2S/c1-9-5-10(3-4-13(9)17)14(18)16(2)7-12-6-11(15)8-19-12/h3-6,8,17H,7H2,1-2H3. The van der Waals surface area contributed by atoms with Gasteiger partial charge in [0.2, 0.25) is 0 Å². The van der Waals surface area contributed by atoms with Crippen LogP contribution in [0, 0.1) is 6.92 Å². The SMILES string of the molecule is Cc1cc(C(=O)N(C)Cc2cc(Br)cs2)ccc1O. The summed E-state index contributed by atoms with van der Waals surface area (Å²) >= 11 is 5.02. The number of aryl methyl sites for hydroxylation is 1. The van der Waals surface area contributed by atoms with Gasteiger partial charge in [-0.1, -0.05) is 0 Å². The lowest BCUT2D eigenvalue weighted by Gasteiger charge is -2.16. The Labute approximate surface area is 124 Å². The first-order valence-corrected chi connectivity index (χ1v) is 7.42. The van der Waals surface area contributed by atoms with E-state index in [1.165, 1.54) is 0 Å². The van der Waals surface area contributed by atoms with Gasteiger partial charge in [0.15, 0.2) is 0 Å². The van der Waals surface area contributed by atoms with Crippen LogP contribution in [-0.4, -0.2) is 23.0 Å². The van der Waals surface area contributed by atoms with Crippen LogP contribution >= 0.6 is 27.3 Å². The maximum absolute atomic E-state index is 12.3. The van der Waals surface area contributed by atoms with E-state index in [1.54, 1.807) is 48.4 Å². The van der Waals surface area contributed by atoms with Gasteiger partial charge in [0.05, 0.1) is 6.54 Å². The van der Waals surface area contributed by atoms with E-state index in [1.807, 2.05) is 11.4 Å². The van der Waals surface area contributed by atoms with Gasteiger partial charge in [-0.3, -0.25) is 4.79 Å². The summed E-state index contributed by atoms with van der Waals surface area (Å²) in [6, 6.07) is 6.92. The summed E-state index contributed by atoms with van der Waals surface area (Å²) in [4.78, 5) is 15.1. The summed E-state index contributed by atoms with van der Waals surface area (Å²) in [5.41, 5.74) is 1.30. The number of halogens is 1. The Morgan fingerprint density at radius 2 is 2.16 bits per heavy atom. The van der Waals surface area contributed by atoms with Gasteiger partial charge in [0.1, 0.15) is 5.75 Å². The highest BCUT2D eigenvalue weighted by Crippen LogP contribution is 2.22. The van der Waals surface area contributed by atoms with Crippen LogP contribution < -0.4 is 0 Å². The number of amides is 1. The van der Waals surface area contributed by atoms with E-state index >= 15 is 0 Å². The molecule has 0 radical (unpaired) electrons. The Morgan fingerprint density at radius 1 is 1.42 bits per heavy atom. The Morgan fingerprint density at radius 3 is 2.74 bits per heavy atom. The van der Waals surface area contributed by atoms with Gasteiger partial charge in [-0.25, -0.2) is 0 Å². The number of nitrogens with zero attached hydrogens (tertiary/aromatic N) is 1. The van der Waals surface area contributed by atoms with Crippen LogP contribution in [0.3, 0.4) is 0 Å². The molecule has 5 heteroatoms. The average molecular weight is 340 g/mol. The fraction of sp³-hybridized carbons (Fsp3) is 0.214. The molecule has 2 rings (SSSR count). The first-order chi connectivity index (χ1) is 8.97. The molecule has 100 valence electrons. The third-order valence-corrected chi connectivity index (χ3v) is 4.49. The van der Waals surface area contributed by atoms with Crippen LogP contribution in [0.5, 0.6) is 5.75 Å². The van der Waals surface area contributed by atoms with Gasteiger partial charge in [-0.15, -0.1) is 11.3 Å². The van der Waals surface area contributed by atoms with Crippen LogP contribution in [0.2, 0.25) is 0 Å². The lowest BCUT2D eigenvalue weighted by molar-refractivity contribution is 0.0786. The molecule has 2 aromatic rings. The number of hydrogen-bond acceptors (Lipinski definition) is 3. The fourth-order valence-electron chi connectivity index (χ4n) is 1.75. The quantitative estimate of drug-likeness (QED) is 0.923. The molecule has 0 atom stereocenters. The van der Waals surface area contributed by atoms with E-state index in [0.717, 1.165) is 9.35 Å². The van der Waals surface area contributed by atoms with Crippen molar-refractivity contribution < 1.29 is 9.90 Å². The Balaban J connectivity index is 2.12. The number of hydrogen-bond donors (Lipinski definition) is 1. The van der Waals surface area contributed by atoms with Crippen LogP contribution in [0.4, 0.5) is 0 Å². The van der Waals surface area contributed by atoms with Gasteiger partial charge < -0.3 is 10.0 Å². The maximum Gasteiger partial charge on any atom is 0.253 e. The minimum Gasteiger partial charge on any atom is -0.508 e. The van der Waals surface area contributed by atoms with Crippen molar-refractivity contribution in [2.45, 2.75) is 13.5 Å². The predicted molar refractivity (Wildman–Crippen MR) is 80.7 cm³/mol. The van der Waals surface area contributed by atoms with Gasteiger partial charge >= 0.3 is 0 Å². The van der Waals surface area contributed by atoms with E-state index in [0.29, 0.717) is 17.7 Å². The first-order valence-electron chi connectivity index (χ1n) is 5.75. The van der Waals surface area contributed by atoms with Gasteiger partial charge in [-0.05, 0) is 52.7 Å². The molecule has 3 nitrogen and oxygen atoms in total. The second-order valence-electron chi connectivity index (χ2n) is 4.39. The number of carbonyl (C=O) groups is 1. The molecular formula is C14H14BrNO2S. The van der Waals surface area contributed by atoms with Crippen molar-refractivity contribution in [2.75, 3.05) is 7.05 Å². The number of thiophene rings is 1. The molecule has 1 N–H and O–H groups in total. The van der Waals surface area contributed by atoms with Gasteiger partial charge in [-0.2, -0.15) is 0 Å². The highest BCUT2D eigenvalue weighted by molar-refractivity contribution is 9.10. The zero-order valence-corrected chi connectivity index (χ0v) is 13.1. The zero-order valence-electron chi connectivity index (χ0n) is 10.7. The molecule has 0 aliphatic carbocycles. The van der Waals surface area contributed by atoms with E-state index in [9.17, 15) is 9.90 Å². The molecule has 0 saturated heterocycles. The molecular weight excluding hydrogens is 326 g/mol. The van der Waals surface area contributed by atoms with Crippen molar-refractivity contribution in [3.05, 3.63) is 50.1 Å². The molecule has 0 aliphatic rings. The molecule has 0 saturated carbocycles. The highest BCUT2D eigenvalue weighted by Gasteiger charge is 2.13. The fourth-order valence-corrected chi connectivity index (χ4v) is 3.25. The maximum atomic E-state index is 12.3. The molecule has 1 aromatic heterocycles. The summed E-state index contributed by atoms with van der Waals surface area (Å²) in [6.45, 7) is 2.36. The second kappa shape index (κ2) is 5.75. The summed E-state index contributed by atoms with van der Waals surface area (Å²) in [5, 5.41) is 11.5. The third-order valence-electron chi connectivity index (χ3n) is 2.81. The average Bonchev–Trinajstić information content (AvgIpc) is 2.77. The Bertz CT molecular complexity index is 609. The number of carbonyl (C=O) groups excluding carboxylic acids is 1. The van der Waals surface area contributed by atoms with Crippen LogP contribution in [0.1, 0.15) is 20.8 Å². The molecule has 0 bridgehead atoms. The van der Waals surface area contributed by atoms with Crippen molar-refractivity contribution in [3.8, 4) is 5.75 Å². The minimum atomic E-state index is -0.0485. The molecule has 1 amide bonds. The zero-order chi connectivity index (χ0) is 14.0. The van der Waals surface area contributed by atoms with Crippen LogP contribution in [-0.2, 0) is 6.54 Å². The smallest absolute Gasteiger partial charge is 0.253 e. The second-order valence-corrected chi connectivity index (χ2v) is 6.31. The largest absolute Gasteiger partial charge is 0.508 e. The van der Waals surface area contributed by atoms with Gasteiger partial charge in [0.25, 0.3) is 5.91 Å². The molecule has 19 heavy (non-hydrogen) atoms. The summed E-state index contributed by atoms with van der Waals surface area (Å²) in [6.07, 6.45) is 0. The van der Waals surface area contributed by atoms with Crippen molar-refractivity contribution >= 4 is 33.2 Å². The molecule has 1 heterocycles. The Kier molecular flexibility index (Phi) is 4.27. The van der Waals surface area contributed by atoms with Crippen molar-refractivity contribution in [1.82, 2.24) is 4.90 Å². The third kappa shape index (κ3) is 3.36. The normalized spacial score (nSPS) is 10.5. The lowest BCUT2D eigenvalue weighted by Crippen LogP contribution is -2.25. The monoisotopic (exact) mass is 339 g/mol. The number of phenolic OH excluding ortho intramolecular Hbond substituents is 1. The number of rotatable bonds is 3. The van der Waals surface area contributed by atoms with Crippen molar-refractivity contribution in [1.29, 1.82) is 0 Å². The molecule has 0 unspecified atom stereocenters. The number of phenols is 1. The van der Waals surface area contributed by atoms with E-state index in [4.69, 9.17) is 0 Å². The van der Waals surface area contributed by atoms with Crippen molar-refractivity contribution in [2.24, 2.45) is 0 Å². The van der Waals surface area contributed by atoms with Crippen LogP contribution in [0.15, 0.2) is 34.1 Å².